The Morgan fingerprint density at radius 1 is 1.35 bits per heavy atom. The molecule has 0 radical (unpaired) electrons. The van der Waals surface area contributed by atoms with Gasteiger partial charge in [-0.05, 0) is 43.2 Å². The van der Waals surface area contributed by atoms with Crippen molar-refractivity contribution in [3.8, 4) is 0 Å². The van der Waals surface area contributed by atoms with Crippen LogP contribution in [-0.2, 0) is 12.8 Å². The van der Waals surface area contributed by atoms with Crippen LogP contribution in [-0.4, -0.2) is 4.57 Å². The summed E-state index contributed by atoms with van der Waals surface area (Å²) in [6, 6.07) is 8.58. The lowest BCUT2D eigenvalue weighted by molar-refractivity contribution is 0.448. The molecule has 2 unspecified atom stereocenters. The molecule has 20 heavy (non-hydrogen) atoms. The van der Waals surface area contributed by atoms with Crippen molar-refractivity contribution in [1.29, 1.82) is 0 Å². The average Bonchev–Trinajstić information content (AvgIpc) is 2.81. The topological polar surface area (TPSA) is 30.9 Å². The normalized spacial score (nSPS) is 19.6. The van der Waals surface area contributed by atoms with E-state index in [-0.39, 0.29) is 6.17 Å². The fourth-order valence-corrected chi connectivity index (χ4v) is 3.50. The van der Waals surface area contributed by atoms with Crippen LogP contribution < -0.4 is 5.73 Å². The zero-order valence-electron chi connectivity index (χ0n) is 11.9. The molecule has 1 heterocycles. The second-order valence-corrected chi connectivity index (χ2v) is 5.67. The summed E-state index contributed by atoms with van der Waals surface area (Å²) >= 11 is 0. The smallest absolute Gasteiger partial charge is 0.100 e. The van der Waals surface area contributed by atoms with E-state index in [4.69, 9.17) is 5.73 Å². The van der Waals surface area contributed by atoms with Crippen molar-refractivity contribution in [2.45, 2.75) is 31.8 Å². The minimum absolute atomic E-state index is 0.139. The van der Waals surface area contributed by atoms with Crippen molar-refractivity contribution in [3.63, 3.8) is 0 Å². The molecule has 0 fully saturated rings. The summed E-state index contributed by atoms with van der Waals surface area (Å²) < 4.78 is 2.27. The molecule has 1 aromatic heterocycles. The van der Waals surface area contributed by atoms with Crippen molar-refractivity contribution in [1.82, 2.24) is 4.57 Å². The Hall–Kier alpha value is -1.80. The van der Waals surface area contributed by atoms with Crippen LogP contribution in [0.1, 0.15) is 30.3 Å². The van der Waals surface area contributed by atoms with Gasteiger partial charge in [0.05, 0.1) is 5.52 Å². The van der Waals surface area contributed by atoms with E-state index in [1.165, 1.54) is 28.6 Å². The van der Waals surface area contributed by atoms with Crippen LogP contribution in [0.3, 0.4) is 0 Å². The van der Waals surface area contributed by atoms with Gasteiger partial charge in [0.1, 0.15) is 6.17 Å². The molecule has 0 aliphatic heterocycles. The molecule has 0 amide bonds. The van der Waals surface area contributed by atoms with E-state index < -0.39 is 0 Å². The number of nitrogens with two attached hydrogens (primary N) is 1. The van der Waals surface area contributed by atoms with E-state index >= 15 is 0 Å². The molecule has 3 rings (SSSR count). The minimum atomic E-state index is -0.139. The van der Waals surface area contributed by atoms with Crippen LogP contribution in [0.5, 0.6) is 0 Å². The maximum Gasteiger partial charge on any atom is 0.100 e. The number of nitrogens with zero attached hydrogens (tertiary/aromatic N) is 1. The van der Waals surface area contributed by atoms with Crippen LogP contribution in [0.2, 0.25) is 0 Å². The highest BCUT2D eigenvalue weighted by Crippen LogP contribution is 2.36. The Bertz CT molecular complexity index is 651. The lowest BCUT2D eigenvalue weighted by Crippen LogP contribution is -2.21. The Labute approximate surface area is 120 Å². The number of aromatic nitrogens is 1. The number of benzene rings is 1. The first kappa shape index (κ1) is 13.2. The van der Waals surface area contributed by atoms with Gasteiger partial charge in [0.15, 0.2) is 0 Å². The van der Waals surface area contributed by atoms with Crippen molar-refractivity contribution >= 4 is 10.9 Å². The van der Waals surface area contributed by atoms with E-state index in [1.54, 1.807) is 0 Å². The molecule has 2 aromatic rings. The first-order chi connectivity index (χ1) is 9.76. The summed E-state index contributed by atoms with van der Waals surface area (Å²) in [6.45, 7) is 7.74. The number of hydrogen-bond acceptors (Lipinski definition) is 1. The molecule has 0 saturated heterocycles. The lowest BCUT2D eigenvalue weighted by Gasteiger charge is -2.24. The van der Waals surface area contributed by atoms with Crippen LogP contribution in [0.4, 0.5) is 0 Å². The summed E-state index contributed by atoms with van der Waals surface area (Å²) in [7, 11) is 0. The second kappa shape index (κ2) is 5.29. The summed E-state index contributed by atoms with van der Waals surface area (Å²) in [5.41, 5.74) is 10.4. The first-order valence-electron chi connectivity index (χ1n) is 7.36. The summed E-state index contributed by atoms with van der Waals surface area (Å²) in [6.07, 6.45) is 8.29. The Morgan fingerprint density at radius 2 is 2.15 bits per heavy atom. The average molecular weight is 266 g/mol. The van der Waals surface area contributed by atoms with E-state index in [2.05, 4.69) is 42.0 Å². The highest BCUT2D eigenvalue weighted by molar-refractivity contribution is 5.86. The van der Waals surface area contributed by atoms with Crippen LogP contribution in [0.15, 0.2) is 49.6 Å². The number of rotatable bonds is 4. The third-order valence-corrected chi connectivity index (χ3v) is 4.45. The fourth-order valence-electron chi connectivity index (χ4n) is 3.50. The Kier molecular flexibility index (Phi) is 3.49. The van der Waals surface area contributed by atoms with Gasteiger partial charge in [0, 0.05) is 11.1 Å². The second-order valence-electron chi connectivity index (χ2n) is 5.67. The Balaban J connectivity index is 2.17. The van der Waals surface area contributed by atoms with Gasteiger partial charge in [-0.25, -0.2) is 0 Å². The molecule has 2 atom stereocenters. The van der Waals surface area contributed by atoms with Gasteiger partial charge in [0.2, 0.25) is 0 Å². The zero-order valence-corrected chi connectivity index (χ0v) is 11.9. The highest BCUT2D eigenvalue weighted by atomic mass is 15.1. The number of hydrogen-bond donors (Lipinski definition) is 1. The van der Waals surface area contributed by atoms with Crippen molar-refractivity contribution < 1.29 is 0 Å². The number of para-hydroxylation sites is 1. The van der Waals surface area contributed by atoms with Crippen molar-refractivity contribution in [3.05, 3.63) is 60.8 Å². The van der Waals surface area contributed by atoms with Crippen molar-refractivity contribution in [2.24, 2.45) is 11.7 Å². The minimum Gasteiger partial charge on any atom is -0.325 e. The van der Waals surface area contributed by atoms with Crippen LogP contribution in [0.25, 0.3) is 10.9 Å². The van der Waals surface area contributed by atoms with Crippen LogP contribution in [0, 0.1) is 5.92 Å². The molecule has 2 N–H and O–H groups in total. The van der Waals surface area contributed by atoms with Crippen LogP contribution >= 0.6 is 0 Å². The van der Waals surface area contributed by atoms with Gasteiger partial charge in [0.25, 0.3) is 0 Å². The largest absolute Gasteiger partial charge is 0.325 e. The van der Waals surface area contributed by atoms with E-state index in [0.717, 1.165) is 25.2 Å². The SMILES string of the molecule is C=CCC1CCc2c(c3ccccc3n2C(N)C=C)C1. The quantitative estimate of drug-likeness (QED) is 0.834. The predicted molar refractivity (Wildman–Crippen MR) is 85.7 cm³/mol. The van der Waals surface area contributed by atoms with E-state index in [1.807, 2.05) is 12.2 Å². The van der Waals surface area contributed by atoms with Gasteiger partial charge >= 0.3 is 0 Å². The number of allylic oxidation sites excluding steroid dienone is 1. The van der Waals surface area contributed by atoms with Gasteiger partial charge in [-0.2, -0.15) is 0 Å². The molecular weight excluding hydrogens is 244 g/mol. The molecule has 1 aliphatic carbocycles. The summed E-state index contributed by atoms with van der Waals surface area (Å²) in [4.78, 5) is 0. The molecule has 104 valence electrons. The predicted octanol–water partition coefficient (Wildman–Crippen LogP) is 3.97. The zero-order chi connectivity index (χ0) is 14.1. The lowest BCUT2D eigenvalue weighted by atomic mass is 9.84. The third kappa shape index (κ3) is 2.01. The monoisotopic (exact) mass is 266 g/mol. The molecule has 2 nitrogen and oxygen atoms in total. The molecule has 2 heteroatoms. The fraction of sp³-hybridized carbons (Fsp3) is 0.333. The molecule has 0 spiro atoms. The standard InChI is InChI=1S/C18H22N2/c1-3-7-13-10-11-17-15(12-13)14-8-5-6-9-16(14)20(17)18(19)4-2/h3-6,8-9,13,18H,1-2,7,10-12,19H2. The third-order valence-electron chi connectivity index (χ3n) is 4.45. The molecular formula is C18H22N2. The molecule has 0 bridgehead atoms. The molecule has 1 aliphatic rings. The van der Waals surface area contributed by atoms with Gasteiger partial charge in [-0.15, -0.1) is 6.58 Å². The summed E-state index contributed by atoms with van der Waals surface area (Å²) in [5, 5.41) is 1.36. The number of fused-ring (bicyclic) bond motifs is 3. The molecule has 1 aromatic carbocycles. The summed E-state index contributed by atoms with van der Waals surface area (Å²) in [5.74, 6) is 0.721. The van der Waals surface area contributed by atoms with E-state index in [9.17, 15) is 0 Å². The highest BCUT2D eigenvalue weighted by Gasteiger charge is 2.25. The Morgan fingerprint density at radius 3 is 2.90 bits per heavy atom. The maximum absolute atomic E-state index is 6.25. The van der Waals surface area contributed by atoms with Gasteiger partial charge in [-0.3, -0.25) is 0 Å². The van der Waals surface area contributed by atoms with E-state index in [0.29, 0.717) is 0 Å². The van der Waals surface area contributed by atoms with Gasteiger partial charge < -0.3 is 10.3 Å². The van der Waals surface area contributed by atoms with Crippen molar-refractivity contribution in [2.75, 3.05) is 0 Å². The maximum atomic E-state index is 6.25. The first-order valence-corrected chi connectivity index (χ1v) is 7.36. The molecule has 0 saturated carbocycles. The van der Waals surface area contributed by atoms with Gasteiger partial charge in [-0.1, -0.05) is 36.9 Å².